The number of unbranched alkanes of at least 4 members (excludes halogenated alkanes) is 1. The van der Waals surface area contributed by atoms with Crippen LogP contribution in [-0.2, 0) is 4.79 Å². The normalized spacial score (nSPS) is 11.9. The second-order valence-corrected chi connectivity index (χ2v) is 9.69. The summed E-state index contributed by atoms with van der Waals surface area (Å²) in [7, 11) is 1.37. The van der Waals surface area contributed by atoms with E-state index in [2.05, 4.69) is 15.6 Å². The Balaban J connectivity index is 1.76. The number of hydrogen-bond acceptors (Lipinski definition) is 6. The van der Waals surface area contributed by atoms with Gasteiger partial charge in [0.15, 0.2) is 0 Å². The summed E-state index contributed by atoms with van der Waals surface area (Å²) >= 11 is 6.25. The summed E-state index contributed by atoms with van der Waals surface area (Å²) < 4.78 is 48.5. The zero-order valence-electron chi connectivity index (χ0n) is 22.5. The van der Waals surface area contributed by atoms with Crippen molar-refractivity contribution in [2.45, 2.75) is 38.7 Å². The highest BCUT2D eigenvalue weighted by atomic mass is 35.5. The number of primary amides is 1. The standard InChI is InChI=1S/C28H26ClF3N6O4/c1-3-4-5-23(28(41)34-16-7-8-17(27(33)40)20(30)11-16)37-14-24(42-2)19(12-25(37)39)18-10-15(29)6-9-22(18)38-13-21(26(31)32)35-36-38/h6-14,23,26H,3-5H2,1-2H3,(H2,33,40)(H,34,41). The maximum atomic E-state index is 14.3. The lowest BCUT2D eigenvalue weighted by atomic mass is 10.0. The molecule has 0 radical (unpaired) electrons. The molecule has 4 aromatic rings. The largest absolute Gasteiger partial charge is 0.495 e. The summed E-state index contributed by atoms with van der Waals surface area (Å²) in [5.74, 6) is -2.28. The van der Waals surface area contributed by atoms with E-state index >= 15 is 0 Å². The molecule has 3 N–H and O–H groups in total. The summed E-state index contributed by atoms with van der Waals surface area (Å²) in [5, 5.41) is 10.2. The van der Waals surface area contributed by atoms with Crippen LogP contribution in [0.2, 0.25) is 5.02 Å². The molecule has 0 aliphatic carbocycles. The smallest absolute Gasteiger partial charge is 0.283 e. The number of anilines is 1. The van der Waals surface area contributed by atoms with E-state index in [9.17, 15) is 27.6 Å². The summed E-state index contributed by atoms with van der Waals surface area (Å²) in [6.45, 7) is 1.92. The van der Waals surface area contributed by atoms with Crippen LogP contribution < -0.4 is 21.3 Å². The minimum atomic E-state index is -2.84. The van der Waals surface area contributed by atoms with Crippen molar-refractivity contribution >= 4 is 29.1 Å². The second kappa shape index (κ2) is 12.9. The minimum absolute atomic E-state index is 0.0696. The first-order valence-electron chi connectivity index (χ1n) is 12.7. The number of carbonyl (C=O) groups excluding carboxylic acids is 2. The van der Waals surface area contributed by atoms with E-state index in [1.165, 1.54) is 48.2 Å². The van der Waals surface area contributed by atoms with Crippen molar-refractivity contribution in [2.75, 3.05) is 12.4 Å². The van der Waals surface area contributed by atoms with Crippen molar-refractivity contribution in [1.82, 2.24) is 19.6 Å². The number of nitrogens with one attached hydrogen (secondary N) is 1. The van der Waals surface area contributed by atoms with E-state index < -0.39 is 41.4 Å². The lowest BCUT2D eigenvalue weighted by Crippen LogP contribution is -2.33. The fraction of sp³-hybridized carbons (Fsp3) is 0.250. The van der Waals surface area contributed by atoms with Gasteiger partial charge in [0.25, 0.3) is 17.9 Å². The zero-order valence-corrected chi connectivity index (χ0v) is 23.2. The molecule has 42 heavy (non-hydrogen) atoms. The van der Waals surface area contributed by atoms with Crippen LogP contribution in [0, 0.1) is 5.82 Å². The van der Waals surface area contributed by atoms with Crippen LogP contribution in [0.25, 0.3) is 16.8 Å². The van der Waals surface area contributed by atoms with Gasteiger partial charge in [0.1, 0.15) is 23.3 Å². The van der Waals surface area contributed by atoms with Gasteiger partial charge in [0.2, 0.25) is 5.91 Å². The molecule has 0 spiro atoms. The Morgan fingerprint density at radius 3 is 2.50 bits per heavy atom. The molecule has 10 nitrogen and oxygen atoms in total. The Bertz CT molecular complexity index is 1690. The van der Waals surface area contributed by atoms with Crippen molar-refractivity contribution in [1.29, 1.82) is 0 Å². The monoisotopic (exact) mass is 602 g/mol. The Kier molecular flexibility index (Phi) is 9.31. The fourth-order valence-corrected chi connectivity index (χ4v) is 4.55. The number of amides is 2. The van der Waals surface area contributed by atoms with Crippen LogP contribution in [-0.4, -0.2) is 38.5 Å². The number of hydrogen-bond donors (Lipinski definition) is 2. The number of rotatable bonds is 11. The van der Waals surface area contributed by atoms with Crippen molar-refractivity contribution in [2.24, 2.45) is 5.73 Å². The molecule has 2 heterocycles. The molecule has 2 amide bonds. The summed E-state index contributed by atoms with van der Waals surface area (Å²) in [6.07, 6.45) is 1.17. The third-order valence-corrected chi connectivity index (χ3v) is 6.70. The van der Waals surface area contributed by atoms with E-state index in [0.717, 1.165) is 29.4 Å². The number of nitrogens with zero attached hydrogens (tertiary/aromatic N) is 4. The topological polar surface area (TPSA) is 134 Å². The van der Waals surface area contributed by atoms with Crippen molar-refractivity contribution in [3.63, 3.8) is 0 Å². The highest BCUT2D eigenvalue weighted by Gasteiger charge is 2.25. The zero-order chi connectivity index (χ0) is 30.6. The van der Waals surface area contributed by atoms with Crippen LogP contribution in [0.15, 0.2) is 59.7 Å². The third-order valence-electron chi connectivity index (χ3n) is 6.47. The predicted octanol–water partition coefficient (Wildman–Crippen LogP) is 5.30. The number of benzene rings is 2. The summed E-state index contributed by atoms with van der Waals surface area (Å²) in [4.78, 5) is 38.2. The molecule has 2 aromatic carbocycles. The first-order chi connectivity index (χ1) is 20.0. The Labute approximate surface area is 242 Å². The number of aromatic nitrogens is 4. The van der Waals surface area contributed by atoms with Crippen molar-refractivity contribution in [3.05, 3.63) is 87.3 Å². The predicted molar refractivity (Wildman–Crippen MR) is 150 cm³/mol. The van der Waals surface area contributed by atoms with E-state index in [-0.39, 0.29) is 29.0 Å². The quantitative estimate of drug-likeness (QED) is 0.239. The van der Waals surface area contributed by atoms with E-state index in [0.29, 0.717) is 22.7 Å². The maximum absolute atomic E-state index is 14.3. The number of carbonyl (C=O) groups is 2. The second-order valence-electron chi connectivity index (χ2n) is 9.26. The lowest BCUT2D eigenvalue weighted by molar-refractivity contribution is -0.119. The molecule has 0 aliphatic rings. The molecule has 0 saturated carbocycles. The highest BCUT2D eigenvalue weighted by Crippen LogP contribution is 2.36. The van der Waals surface area contributed by atoms with Gasteiger partial charge in [0.05, 0.1) is 30.8 Å². The first kappa shape index (κ1) is 30.3. The number of pyridine rings is 1. The first-order valence-corrected chi connectivity index (χ1v) is 13.1. The van der Waals surface area contributed by atoms with Crippen LogP contribution in [0.5, 0.6) is 5.75 Å². The van der Waals surface area contributed by atoms with Gasteiger partial charge in [-0.1, -0.05) is 36.6 Å². The third kappa shape index (κ3) is 6.46. The molecule has 4 rings (SSSR count). The SMILES string of the molecule is CCCCC(C(=O)Nc1ccc(C(N)=O)c(F)c1)n1cc(OC)c(-c2cc(Cl)ccc2-n2cc(C(F)F)nn2)cc1=O. The van der Waals surface area contributed by atoms with Gasteiger partial charge in [0, 0.05) is 27.9 Å². The minimum Gasteiger partial charge on any atom is -0.495 e. The van der Waals surface area contributed by atoms with Crippen LogP contribution in [0.4, 0.5) is 18.9 Å². The van der Waals surface area contributed by atoms with E-state index in [1.54, 1.807) is 0 Å². The Hall–Kier alpha value is -4.65. The summed E-state index contributed by atoms with van der Waals surface area (Å²) in [5.41, 5.74) is 4.69. The molecular formula is C28H26ClF3N6O4. The van der Waals surface area contributed by atoms with Crippen LogP contribution >= 0.6 is 11.6 Å². The highest BCUT2D eigenvalue weighted by molar-refractivity contribution is 6.31. The molecule has 2 aromatic heterocycles. The van der Waals surface area contributed by atoms with Gasteiger partial charge < -0.3 is 15.8 Å². The maximum Gasteiger partial charge on any atom is 0.283 e. The lowest BCUT2D eigenvalue weighted by Gasteiger charge is -2.22. The van der Waals surface area contributed by atoms with Crippen molar-refractivity contribution in [3.8, 4) is 22.6 Å². The van der Waals surface area contributed by atoms with E-state index in [1.807, 2.05) is 6.92 Å². The molecule has 14 heteroatoms. The number of halogens is 4. The summed E-state index contributed by atoms with van der Waals surface area (Å²) in [6, 6.07) is 8.26. The molecule has 1 unspecified atom stereocenters. The van der Waals surface area contributed by atoms with Crippen LogP contribution in [0.1, 0.15) is 54.7 Å². The molecule has 0 fully saturated rings. The van der Waals surface area contributed by atoms with E-state index in [4.69, 9.17) is 22.1 Å². The van der Waals surface area contributed by atoms with Gasteiger partial charge >= 0.3 is 0 Å². The number of nitrogens with two attached hydrogens (primary N) is 1. The molecule has 1 atom stereocenters. The van der Waals surface area contributed by atoms with Gasteiger partial charge in [-0.05, 0) is 42.8 Å². The fourth-order valence-electron chi connectivity index (χ4n) is 4.38. The van der Waals surface area contributed by atoms with Gasteiger partial charge in [-0.25, -0.2) is 17.9 Å². The molecule has 220 valence electrons. The molecular weight excluding hydrogens is 577 g/mol. The van der Waals surface area contributed by atoms with Gasteiger partial charge in [-0.2, -0.15) is 0 Å². The number of alkyl halides is 2. The van der Waals surface area contributed by atoms with Crippen molar-refractivity contribution < 1.29 is 27.5 Å². The number of methoxy groups -OCH3 is 1. The van der Waals surface area contributed by atoms with Gasteiger partial charge in [-0.3, -0.25) is 19.0 Å². The number of ether oxygens (including phenoxy) is 1. The Morgan fingerprint density at radius 2 is 1.88 bits per heavy atom. The Morgan fingerprint density at radius 1 is 1.12 bits per heavy atom. The average molecular weight is 603 g/mol. The average Bonchev–Trinajstić information content (AvgIpc) is 3.44. The molecule has 0 saturated heterocycles. The van der Waals surface area contributed by atoms with Gasteiger partial charge in [-0.15, -0.1) is 5.10 Å². The molecule has 0 aliphatic heterocycles. The van der Waals surface area contributed by atoms with Crippen LogP contribution in [0.3, 0.4) is 0 Å². The molecule has 0 bridgehead atoms.